The van der Waals surface area contributed by atoms with Crippen molar-refractivity contribution in [2.75, 3.05) is 0 Å². The molecule has 0 bridgehead atoms. The van der Waals surface area contributed by atoms with Crippen LogP contribution in [0.2, 0.25) is 0 Å². The zero-order valence-corrected chi connectivity index (χ0v) is 10.4. The second-order valence-corrected chi connectivity index (χ2v) is 4.60. The summed E-state index contributed by atoms with van der Waals surface area (Å²) in [6.45, 7) is 4.74. The highest BCUT2D eigenvalue weighted by atomic mass is 16.1. The molecule has 2 heterocycles. The van der Waals surface area contributed by atoms with Crippen molar-refractivity contribution in [3.63, 3.8) is 0 Å². The summed E-state index contributed by atoms with van der Waals surface area (Å²) >= 11 is 0. The van der Waals surface area contributed by atoms with Gasteiger partial charge in [0.15, 0.2) is 0 Å². The molecule has 0 N–H and O–H groups in total. The summed E-state index contributed by atoms with van der Waals surface area (Å²) in [5, 5.41) is 4.09. The van der Waals surface area contributed by atoms with Crippen molar-refractivity contribution in [3.8, 4) is 0 Å². The molecule has 0 saturated heterocycles. The molecule has 0 radical (unpaired) electrons. The van der Waals surface area contributed by atoms with Gasteiger partial charge in [0.1, 0.15) is 0 Å². The fourth-order valence-electron chi connectivity index (χ4n) is 1.76. The smallest absolute Gasteiger partial charge is 0.251 e. The van der Waals surface area contributed by atoms with Gasteiger partial charge in [0.25, 0.3) is 5.56 Å². The summed E-state index contributed by atoms with van der Waals surface area (Å²) in [5.41, 5.74) is 2.16. The minimum absolute atomic E-state index is 0.0417. The van der Waals surface area contributed by atoms with Gasteiger partial charge in [0, 0.05) is 31.1 Å². The Bertz CT molecular complexity index is 566. The van der Waals surface area contributed by atoms with Gasteiger partial charge < -0.3 is 4.57 Å². The molecule has 2 rings (SSSR count). The van der Waals surface area contributed by atoms with E-state index in [0.29, 0.717) is 12.5 Å². The molecule has 0 spiro atoms. The van der Waals surface area contributed by atoms with Crippen molar-refractivity contribution in [2.24, 2.45) is 7.05 Å². The third kappa shape index (κ3) is 2.64. The summed E-state index contributed by atoms with van der Waals surface area (Å²) in [5.74, 6) is 0.385. The molecule has 4 heteroatoms. The number of nitrogens with zero attached hydrogens (tertiary/aromatic N) is 3. The Morgan fingerprint density at radius 3 is 2.71 bits per heavy atom. The number of rotatable bonds is 3. The first-order chi connectivity index (χ1) is 8.06. The molecule has 0 unspecified atom stereocenters. The molecule has 17 heavy (non-hydrogen) atoms. The Morgan fingerprint density at radius 2 is 2.18 bits per heavy atom. The van der Waals surface area contributed by atoms with Gasteiger partial charge in [-0.3, -0.25) is 9.48 Å². The van der Waals surface area contributed by atoms with Crippen molar-refractivity contribution in [3.05, 3.63) is 52.2 Å². The predicted octanol–water partition coefficient (Wildman–Crippen LogP) is 1.75. The van der Waals surface area contributed by atoms with Crippen LogP contribution < -0.4 is 5.56 Å². The summed E-state index contributed by atoms with van der Waals surface area (Å²) in [4.78, 5) is 11.9. The van der Waals surface area contributed by atoms with Gasteiger partial charge in [-0.25, -0.2) is 0 Å². The van der Waals surface area contributed by atoms with Crippen molar-refractivity contribution in [1.29, 1.82) is 0 Å². The topological polar surface area (TPSA) is 39.8 Å². The fourth-order valence-corrected chi connectivity index (χ4v) is 1.76. The summed E-state index contributed by atoms with van der Waals surface area (Å²) < 4.78 is 3.44. The Hall–Kier alpha value is -1.84. The van der Waals surface area contributed by atoms with Crippen LogP contribution in [-0.2, 0) is 13.6 Å². The monoisotopic (exact) mass is 231 g/mol. The molecule has 0 aromatic carbocycles. The molecule has 2 aromatic rings. The lowest BCUT2D eigenvalue weighted by atomic mass is 10.1. The van der Waals surface area contributed by atoms with E-state index in [0.717, 1.165) is 11.1 Å². The molecule has 0 amide bonds. The van der Waals surface area contributed by atoms with Crippen LogP contribution in [0.5, 0.6) is 0 Å². The van der Waals surface area contributed by atoms with Crippen molar-refractivity contribution >= 4 is 0 Å². The van der Waals surface area contributed by atoms with Gasteiger partial charge in [-0.05, 0) is 17.5 Å². The van der Waals surface area contributed by atoms with Gasteiger partial charge in [-0.2, -0.15) is 5.10 Å². The minimum Gasteiger partial charge on any atom is -0.311 e. The number of aryl methyl sites for hydroxylation is 1. The standard InChI is InChI=1S/C13H17N3O/c1-10(2)12-4-5-16(13(17)6-12)9-11-7-14-15(3)8-11/h4-8,10H,9H2,1-3H3. The first kappa shape index (κ1) is 11.6. The molecule has 0 aliphatic heterocycles. The SMILES string of the molecule is CC(C)c1ccn(Cc2cnn(C)c2)c(=O)c1. The molecule has 0 atom stereocenters. The maximum Gasteiger partial charge on any atom is 0.251 e. The van der Waals surface area contributed by atoms with Crippen LogP contribution >= 0.6 is 0 Å². The van der Waals surface area contributed by atoms with Crippen LogP contribution in [0.25, 0.3) is 0 Å². The molecular formula is C13H17N3O. The molecule has 0 aliphatic rings. The van der Waals surface area contributed by atoms with Gasteiger partial charge in [-0.1, -0.05) is 13.8 Å². The maximum absolute atomic E-state index is 11.9. The lowest BCUT2D eigenvalue weighted by molar-refractivity contribution is 0.740. The van der Waals surface area contributed by atoms with E-state index < -0.39 is 0 Å². The molecule has 2 aromatic heterocycles. The third-order valence-electron chi connectivity index (χ3n) is 2.80. The van der Waals surface area contributed by atoms with Gasteiger partial charge in [0.05, 0.1) is 12.7 Å². The van der Waals surface area contributed by atoms with Crippen LogP contribution in [0.15, 0.2) is 35.5 Å². The second kappa shape index (κ2) is 4.57. The van der Waals surface area contributed by atoms with E-state index in [1.165, 1.54) is 0 Å². The number of hydrogen-bond acceptors (Lipinski definition) is 2. The van der Waals surface area contributed by atoms with Gasteiger partial charge >= 0.3 is 0 Å². The van der Waals surface area contributed by atoms with Gasteiger partial charge in [-0.15, -0.1) is 0 Å². The van der Waals surface area contributed by atoms with Crippen LogP contribution in [0.3, 0.4) is 0 Å². The molecule has 0 fully saturated rings. The van der Waals surface area contributed by atoms with Crippen LogP contribution in [-0.4, -0.2) is 14.3 Å². The Morgan fingerprint density at radius 1 is 1.41 bits per heavy atom. The lowest BCUT2D eigenvalue weighted by Crippen LogP contribution is -2.19. The van der Waals surface area contributed by atoms with E-state index in [9.17, 15) is 4.79 Å². The van der Waals surface area contributed by atoms with E-state index in [2.05, 4.69) is 18.9 Å². The number of pyridine rings is 1. The fraction of sp³-hybridized carbons (Fsp3) is 0.385. The van der Waals surface area contributed by atoms with Gasteiger partial charge in [0.2, 0.25) is 0 Å². The average molecular weight is 231 g/mol. The quantitative estimate of drug-likeness (QED) is 0.807. The zero-order valence-electron chi connectivity index (χ0n) is 10.4. The molecule has 90 valence electrons. The Labute approximate surface area is 101 Å². The second-order valence-electron chi connectivity index (χ2n) is 4.60. The maximum atomic E-state index is 11.9. The minimum atomic E-state index is 0.0417. The van der Waals surface area contributed by atoms with E-state index >= 15 is 0 Å². The van der Waals surface area contributed by atoms with E-state index in [4.69, 9.17) is 0 Å². The average Bonchev–Trinajstić information content (AvgIpc) is 2.67. The van der Waals surface area contributed by atoms with E-state index in [1.54, 1.807) is 21.5 Å². The largest absolute Gasteiger partial charge is 0.311 e. The number of aromatic nitrogens is 3. The predicted molar refractivity (Wildman–Crippen MR) is 67.1 cm³/mol. The molecule has 0 saturated carbocycles. The van der Waals surface area contributed by atoms with Crippen molar-refractivity contribution < 1.29 is 0 Å². The summed E-state index contributed by atoms with van der Waals surface area (Å²) in [7, 11) is 1.87. The first-order valence-electron chi connectivity index (χ1n) is 5.74. The summed E-state index contributed by atoms with van der Waals surface area (Å²) in [6, 6.07) is 3.71. The molecule has 4 nitrogen and oxygen atoms in total. The normalized spacial score (nSPS) is 11.1. The van der Waals surface area contributed by atoms with Crippen LogP contribution in [0, 0.1) is 0 Å². The summed E-state index contributed by atoms with van der Waals surface area (Å²) in [6.07, 6.45) is 5.55. The molecular weight excluding hydrogens is 214 g/mol. The van der Waals surface area contributed by atoms with Crippen molar-refractivity contribution in [1.82, 2.24) is 14.3 Å². The molecule has 0 aliphatic carbocycles. The zero-order chi connectivity index (χ0) is 12.4. The van der Waals surface area contributed by atoms with E-state index in [1.807, 2.05) is 25.5 Å². The Balaban J connectivity index is 2.25. The highest BCUT2D eigenvalue weighted by Gasteiger charge is 2.03. The van der Waals surface area contributed by atoms with E-state index in [-0.39, 0.29) is 5.56 Å². The first-order valence-corrected chi connectivity index (χ1v) is 5.74. The highest BCUT2D eigenvalue weighted by Crippen LogP contribution is 2.11. The third-order valence-corrected chi connectivity index (χ3v) is 2.80. The highest BCUT2D eigenvalue weighted by molar-refractivity contribution is 5.16. The van der Waals surface area contributed by atoms with Crippen LogP contribution in [0.4, 0.5) is 0 Å². The van der Waals surface area contributed by atoms with Crippen LogP contribution in [0.1, 0.15) is 30.9 Å². The van der Waals surface area contributed by atoms with Crippen molar-refractivity contribution in [2.45, 2.75) is 26.3 Å². The Kier molecular flexibility index (Phi) is 3.13. The lowest BCUT2D eigenvalue weighted by Gasteiger charge is -2.07. The number of hydrogen-bond donors (Lipinski definition) is 0.